The van der Waals surface area contributed by atoms with E-state index in [1.165, 1.54) is 12.1 Å². The van der Waals surface area contributed by atoms with Crippen molar-refractivity contribution in [3.05, 3.63) is 70.9 Å². The number of benzene rings is 2. The summed E-state index contributed by atoms with van der Waals surface area (Å²) in [5, 5.41) is 4.17. The highest BCUT2D eigenvalue weighted by atomic mass is 32.2. The molecule has 7 nitrogen and oxygen atoms in total. The minimum atomic E-state index is -3.88. The summed E-state index contributed by atoms with van der Waals surface area (Å²) in [5.74, 6) is -0.682. The number of nitrogens with two attached hydrogens (primary N) is 1. The average molecular weight is 382 g/mol. The SMILES string of the molecule is Cc1ccc(S(=O)(=O)Nn2nc(C(N)=O)c3c2-c2ccccc2CC3)cc1. The van der Waals surface area contributed by atoms with Crippen LogP contribution in [0, 0.1) is 6.92 Å². The number of amides is 1. The highest BCUT2D eigenvalue weighted by Gasteiger charge is 2.29. The molecule has 3 N–H and O–H groups in total. The topological polar surface area (TPSA) is 107 Å². The average Bonchev–Trinajstić information content (AvgIpc) is 3.01. The molecule has 0 spiro atoms. The fourth-order valence-electron chi connectivity index (χ4n) is 3.34. The first-order valence-corrected chi connectivity index (χ1v) is 9.94. The molecule has 1 heterocycles. The zero-order valence-corrected chi connectivity index (χ0v) is 15.5. The van der Waals surface area contributed by atoms with Crippen LogP contribution in [0.4, 0.5) is 0 Å². The fourth-order valence-corrected chi connectivity index (χ4v) is 4.30. The van der Waals surface area contributed by atoms with Crippen molar-refractivity contribution in [2.24, 2.45) is 5.73 Å². The second-order valence-electron chi connectivity index (χ2n) is 6.52. The molecule has 1 amide bonds. The number of primary amides is 1. The Kier molecular flexibility index (Phi) is 4.00. The number of hydrogen-bond acceptors (Lipinski definition) is 4. The molecule has 0 saturated carbocycles. The molecule has 0 radical (unpaired) electrons. The fraction of sp³-hybridized carbons (Fsp3) is 0.158. The van der Waals surface area contributed by atoms with Gasteiger partial charge in [-0.3, -0.25) is 4.79 Å². The molecule has 0 fully saturated rings. The van der Waals surface area contributed by atoms with Crippen LogP contribution in [0.15, 0.2) is 53.4 Å². The van der Waals surface area contributed by atoms with E-state index < -0.39 is 15.9 Å². The summed E-state index contributed by atoms with van der Waals surface area (Å²) in [7, 11) is -3.88. The van der Waals surface area contributed by atoms with E-state index in [2.05, 4.69) is 9.93 Å². The Morgan fingerprint density at radius 1 is 1.11 bits per heavy atom. The zero-order chi connectivity index (χ0) is 19.2. The lowest BCUT2D eigenvalue weighted by Gasteiger charge is -2.19. The summed E-state index contributed by atoms with van der Waals surface area (Å²) in [6.45, 7) is 1.88. The molecule has 2 aromatic carbocycles. The van der Waals surface area contributed by atoms with Crippen molar-refractivity contribution in [1.29, 1.82) is 0 Å². The lowest BCUT2D eigenvalue weighted by atomic mass is 9.89. The van der Waals surface area contributed by atoms with Gasteiger partial charge in [-0.15, -0.1) is 5.10 Å². The number of carbonyl (C=O) groups is 1. The quantitative estimate of drug-likeness (QED) is 0.719. The molecule has 4 rings (SSSR count). The lowest BCUT2D eigenvalue weighted by Crippen LogP contribution is -2.26. The Labute approximate surface area is 156 Å². The molecule has 0 unspecified atom stereocenters. The molecule has 0 atom stereocenters. The second kappa shape index (κ2) is 6.24. The van der Waals surface area contributed by atoms with E-state index in [1.807, 2.05) is 31.2 Å². The van der Waals surface area contributed by atoms with Gasteiger partial charge in [-0.25, -0.2) is 0 Å². The first kappa shape index (κ1) is 17.3. The van der Waals surface area contributed by atoms with E-state index in [-0.39, 0.29) is 10.6 Å². The molecule has 3 aromatic rings. The number of hydrogen-bond donors (Lipinski definition) is 2. The van der Waals surface area contributed by atoms with E-state index in [1.54, 1.807) is 12.1 Å². The molecule has 8 heteroatoms. The lowest BCUT2D eigenvalue weighted by molar-refractivity contribution is 0.0994. The van der Waals surface area contributed by atoms with Gasteiger partial charge in [-0.1, -0.05) is 42.0 Å². The van der Waals surface area contributed by atoms with Crippen LogP contribution in [0.3, 0.4) is 0 Å². The van der Waals surface area contributed by atoms with Crippen LogP contribution in [0.2, 0.25) is 0 Å². The van der Waals surface area contributed by atoms with E-state index in [0.717, 1.165) is 27.9 Å². The zero-order valence-electron chi connectivity index (χ0n) is 14.6. The van der Waals surface area contributed by atoms with Gasteiger partial charge in [-0.2, -0.15) is 18.0 Å². The van der Waals surface area contributed by atoms with Crippen LogP contribution in [-0.2, 0) is 22.9 Å². The number of aryl methyl sites for hydroxylation is 2. The Bertz CT molecular complexity index is 1150. The number of aromatic nitrogens is 2. The van der Waals surface area contributed by atoms with Gasteiger partial charge >= 0.3 is 0 Å². The molecule has 138 valence electrons. The third-order valence-electron chi connectivity index (χ3n) is 4.67. The summed E-state index contributed by atoms with van der Waals surface area (Å²) >= 11 is 0. The van der Waals surface area contributed by atoms with Crippen molar-refractivity contribution in [2.45, 2.75) is 24.7 Å². The molecule has 1 aliphatic rings. The molecule has 1 aliphatic carbocycles. The van der Waals surface area contributed by atoms with Gasteiger partial charge in [-0.05, 0) is 37.5 Å². The summed E-state index contributed by atoms with van der Waals surface area (Å²) in [6, 6.07) is 14.1. The summed E-state index contributed by atoms with van der Waals surface area (Å²) in [5.41, 5.74) is 9.64. The number of sulfonamides is 1. The molecular formula is C19H18N4O3S. The summed E-state index contributed by atoms with van der Waals surface area (Å²) < 4.78 is 25.6. The first-order chi connectivity index (χ1) is 12.9. The Morgan fingerprint density at radius 3 is 2.52 bits per heavy atom. The minimum absolute atomic E-state index is 0.0890. The minimum Gasteiger partial charge on any atom is -0.364 e. The van der Waals surface area contributed by atoms with E-state index in [4.69, 9.17) is 5.73 Å². The third-order valence-corrected chi connectivity index (χ3v) is 5.98. The maximum atomic E-state index is 12.8. The number of carbonyl (C=O) groups excluding carboxylic acids is 1. The van der Waals surface area contributed by atoms with E-state index >= 15 is 0 Å². The van der Waals surface area contributed by atoms with Gasteiger partial charge in [0.1, 0.15) is 0 Å². The molecule has 0 bridgehead atoms. The van der Waals surface area contributed by atoms with E-state index in [9.17, 15) is 13.2 Å². The molecule has 0 saturated heterocycles. The largest absolute Gasteiger partial charge is 0.364 e. The highest BCUT2D eigenvalue weighted by Crippen LogP contribution is 2.35. The molecule has 1 aromatic heterocycles. The van der Waals surface area contributed by atoms with Crippen molar-refractivity contribution in [3.8, 4) is 11.3 Å². The van der Waals surface area contributed by atoms with Gasteiger partial charge < -0.3 is 5.73 Å². The highest BCUT2D eigenvalue weighted by molar-refractivity contribution is 7.92. The number of rotatable bonds is 4. The van der Waals surface area contributed by atoms with Gasteiger partial charge in [0.2, 0.25) is 0 Å². The monoisotopic (exact) mass is 382 g/mol. The van der Waals surface area contributed by atoms with Crippen LogP contribution < -0.4 is 10.6 Å². The predicted octanol–water partition coefficient (Wildman–Crippen LogP) is 1.99. The Hall–Kier alpha value is -3.13. The normalized spacial score (nSPS) is 12.9. The van der Waals surface area contributed by atoms with Crippen molar-refractivity contribution >= 4 is 15.9 Å². The second-order valence-corrected chi connectivity index (χ2v) is 8.18. The molecular weight excluding hydrogens is 364 g/mol. The first-order valence-electron chi connectivity index (χ1n) is 8.46. The van der Waals surface area contributed by atoms with Crippen molar-refractivity contribution in [2.75, 3.05) is 4.83 Å². The third kappa shape index (κ3) is 2.97. The van der Waals surface area contributed by atoms with Crippen LogP contribution >= 0.6 is 0 Å². The number of nitrogens with zero attached hydrogens (tertiary/aromatic N) is 2. The van der Waals surface area contributed by atoms with Gasteiger partial charge in [0.25, 0.3) is 15.9 Å². The van der Waals surface area contributed by atoms with Crippen molar-refractivity contribution in [3.63, 3.8) is 0 Å². The molecule has 27 heavy (non-hydrogen) atoms. The van der Waals surface area contributed by atoms with Crippen molar-refractivity contribution in [1.82, 2.24) is 9.89 Å². The Morgan fingerprint density at radius 2 is 1.81 bits per heavy atom. The van der Waals surface area contributed by atoms with Crippen LogP contribution in [0.1, 0.15) is 27.2 Å². The standard InChI is InChI=1S/C19H18N4O3S/c1-12-6-9-14(10-7-12)27(25,26)22-23-18-15-5-3-2-4-13(15)8-11-16(18)17(21-23)19(20)24/h2-7,9-10,22H,8,11H2,1H3,(H2,20,24). The molecule has 0 aliphatic heterocycles. The predicted molar refractivity (Wildman–Crippen MR) is 101 cm³/mol. The Balaban J connectivity index is 1.85. The van der Waals surface area contributed by atoms with Gasteiger partial charge in [0.05, 0.1) is 10.6 Å². The van der Waals surface area contributed by atoms with Gasteiger partial charge in [0.15, 0.2) is 5.69 Å². The summed E-state index contributed by atoms with van der Waals surface area (Å²) in [4.78, 5) is 15.6. The van der Waals surface area contributed by atoms with E-state index in [0.29, 0.717) is 17.7 Å². The van der Waals surface area contributed by atoms with Gasteiger partial charge in [0, 0.05) is 11.1 Å². The van der Waals surface area contributed by atoms with Crippen LogP contribution in [-0.4, -0.2) is 24.2 Å². The summed E-state index contributed by atoms with van der Waals surface area (Å²) in [6.07, 6.45) is 1.30. The number of nitrogens with one attached hydrogen (secondary N) is 1. The van der Waals surface area contributed by atoms with Crippen molar-refractivity contribution < 1.29 is 13.2 Å². The maximum absolute atomic E-state index is 12.8. The smallest absolute Gasteiger partial charge is 0.276 e. The van der Waals surface area contributed by atoms with Crippen LogP contribution in [0.25, 0.3) is 11.3 Å². The number of fused-ring (bicyclic) bond motifs is 3. The van der Waals surface area contributed by atoms with Crippen LogP contribution in [0.5, 0.6) is 0 Å². The maximum Gasteiger partial charge on any atom is 0.276 e.